The van der Waals surface area contributed by atoms with Gasteiger partial charge in [-0.1, -0.05) is 72.3 Å². The first-order valence-corrected chi connectivity index (χ1v) is 10.6. The predicted octanol–water partition coefficient (Wildman–Crippen LogP) is 5.64. The number of amides is 1. The van der Waals surface area contributed by atoms with Gasteiger partial charge < -0.3 is 0 Å². The Labute approximate surface area is 185 Å². The number of carbonyl (C=O) groups is 1. The number of rotatable bonds is 7. The normalized spacial score (nSPS) is 12.0. The van der Waals surface area contributed by atoms with E-state index < -0.39 is 0 Å². The Balaban J connectivity index is 1.55. The molecule has 0 atom stereocenters. The Hall–Kier alpha value is -2.99. The molecule has 1 heterocycles. The van der Waals surface area contributed by atoms with Gasteiger partial charge in [0, 0.05) is 10.7 Å². The van der Waals surface area contributed by atoms with Crippen molar-refractivity contribution in [1.29, 1.82) is 0 Å². The van der Waals surface area contributed by atoms with Gasteiger partial charge in [0.05, 0.1) is 12.8 Å². The van der Waals surface area contributed by atoms with Gasteiger partial charge >= 0.3 is 0 Å². The van der Waals surface area contributed by atoms with E-state index in [9.17, 15) is 4.79 Å². The van der Waals surface area contributed by atoms with Crippen molar-refractivity contribution in [1.82, 2.24) is 15.2 Å². The summed E-state index contributed by atoms with van der Waals surface area (Å²) in [6.45, 7) is 6.89. The fourth-order valence-corrected chi connectivity index (χ4v) is 3.14. The van der Waals surface area contributed by atoms with Crippen LogP contribution in [0.4, 0.5) is 0 Å². The average molecular weight is 465 g/mol. The van der Waals surface area contributed by atoms with E-state index in [0.717, 1.165) is 21.2 Å². The minimum Gasteiger partial charge on any atom is -0.268 e. The number of hydrogen-bond donors (Lipinski definition) is 1. The van der Waals surface area contributed by atoms with Gasteiger partial charge in [0.2, 0.25) is 0 Å². The van der Waals surface area contributed by atoms with E-state index in [-0.39, 0.29) is 5.91 Å². The molecule has 2 aromatic carbocycles. The van der Waals surface area contributed by atoms with Gasteiger partial charge in [0.25, 0.3) is 5.91 Å². The smallest absolute Gasteiger partial charge is 0.268 e. The Morgan fingerprint density at radius 3 is 2.50 bits per heavy atom. The van der Waals surface area contributed by atoms with Crippen LogP contribution in [-0.4, -0.2) is 21.9 Å². The lowest BCUT2D eigenvalue weighted by molar-refractivity contribution is 0.0949. The van der Waals surface area contributed by atoms with Gasteiger partial charge in [0.1, 0.15) is 0 Å². The molecule has 3 aromatic rings. The third kappa shape index (κ3) is 6.26. The summed E-state index contributed by atoms with van der Waals surface area (Å²) in [4.78, 5) is 12.3. The molecule has 154 valence electrons. The van der Waals surface area contributed by atoms with Crippen molar-refractivity contribution in [2.24, 2.45) is 5.10 Å². The molecule has 30 heavy (non-hydrogen) atoms. The second kappa shape index (κ2) is 10.2. The molecule has 1 N–H and O–H groups in total. The third-order valence-corrected chi connectivity index (χ3v) is 5.09. The number of benzene rings is 2. The highest BCUT2D eigenvalue weighted by atomic mass is 79.9. The van der Waals surface area contributed by atoms with E-state index in [2.05, 4.69) is 69.7 Å². The number of allylic oxidation sites excluding steroid dienone is 1. The van der Waals surface area contributed by atoms with Crippen molar-refractivity contribution in [3.8, 4) is 0 Å². The largest absolute Gasteiger partial charge is 0.291 e. The lowest BCUT2D eigenvalue weighted by atomic mass is 10.0. The number of aromatic nitrogens is 2. The summed E-state index contributed by atoms with van der Waals surface area (Å²) >= 11 is 3.42. The maximum absolute atomic E-state index is 12.3. The van der Waals surface area contributed by atoms with Crippen LogP contribution in [0.2, 0.25) is 0 Å². The van der Waals surface area contributed by atoms with E-state index in [1.807, 2.05) is 37.3 Å². The minimum absolute atomic E-state index is 0.329. The highest BCUT2D eigenvalue weighted by Gasteiger charge is 2.08. The molecule has 0 saturated carbocycles. The monoisotopic (exact) mass is 464 g/mol. The molecule has 1 amide bonds. The van der Waals surface area contributed by atoms with Gasteiger partial charge in [0.15, 0.2) is 5.69 Å². The predicted molar refractivity (Wildman–Crippen MR) is 126 cm³/mol. The number of nitrogens with one attached hydrogen (secondary N) is 1. The quantitative estimate of drug-likeness (QED) is 0.363. The van der Waals surface area contributed by atoms with Crippen LogP contribution in [0.15, 0.2) is 75.9 Å². The van der Waals surface area contributed by atoms with E-state index >= 15 is 0 Å². The summed E-state index contributed by atoms with van der Waals surface area (Å²) in [5, 5.41) is 8.37. The maximum atomic E-state index is 12.3. The van der Waals surface area contributed by atoms with E-state index in [0.29, 0.717) is 18.2 Å². The number of carbonyl (C=O) groups excluding carboxylic acids is 1. The van der Waals surface area contributed by atoms with Crippen LogP contribution in [0, 0.1) is 0 Å². The van der Waals surface area contributed by atoms with Crippen LogP contribution in [0.25, 0.3) is 6.08 Å². The fourth-order valence-electron chi connectivity index (χ4n) is 2.88. The Morgan fingerprint density at radius 1 is 1.13 bits per heavy atom. The average Bonchev–Trinajstić information content (AvgIpc) is 3.19. The Bertz CT molecular complexity index is 1050. The molecule has 0 fully saturated rings. The zero-order chi connectivity index (χ0) is 21.5. The van der Waals surface area contributed by atoms with Gasteiger partial charge in [-0.15, -0.1) is 0 Å². The van der Waals surface area contributed by atoms with Crippen molar-refractivity contribution in [2.45, 2.75) is 33.2 Å². The van der Waals surface area contributed by atoms with Crippen molar-refractivity contribution in [3.63, 3.8) is 0 Å². The number of halogens is 1. The molecule has 0 unspecified atom stereocenters. The maximum Gasteiger partial charge on any atom is 0.291 e. The SMILES string of the molecule is CC(C=NNC(=O)c1ccn(Cc2ccc(Br)cc2)n1)=Cc1ccc(C(C)C)cc1. The van der Waals surface area contributed by atoms with Crippen LogP contribution in [0.5, 0.6) is 0 Å². The van der Waals surface area contributed by atoms with Gasteiger partial charge in [-0.3, -0.25) is 9.48 Å². The zero-order valence-corrected chi connectivity index (χ0v) is 18.9. The highest BCUT2D eigenvalue weighted by Crippen LogP contribution is 2.16. The van der Waals surface area contributed by atoms with Crippen molar-refractivity contribution in [2.75, 3.05) is 0 Å². The molecule has 0 spiro atoms. The first kappa shape index (κ1) is 21.7. The summed E-state index contributed by atoms with van der Waals surface area (Å²) in [5.74, 6) is 0.175. The third-order valence-electron chi connectivity index (χ3n) is 4.56. The van der Waals surface area contributed by atoms with Crippen molar-refractivity contribution >= 4 is 34.1 Å². The second-order valence-corrected chi connectivity index (χ2v) is 8.35. The van der Waals surface area contributed by atoms with E-state index in [4.69, 9.17) is 0 Å². The standard InChI is InChI=1S/C24H25BrN4O/c1-17(2)21-8-4-19(5-9-21)14-18(3)15-26-27-24(30)23-12-13-29(28-23)16-20-6-10-22(25)11-7-20/h4-15,17H,16H2,1-3H3,(H,27,30). The molecule has 0 aliphatic rings. The van der Waals surface area contributed by atoms with Crippen LogP contribution in [-0.2, 0) is 6.54 Å². The van der Waals surface area contributed by atoms with Gasteiger partial charge in [-0.25, -0.2) is 5.43 Å². The Kier molecular flexibility index (Phi) is 7.36. The molecule has 0 radical (unpaired) electrons. The summed E-state index contributed by atoms with van der Waals surface area (Å²) in [6.07, 6.45) is 5.44. The minimum atomic E-state index is -0.338. The highest BCUT2D eigenvalue weighted by molar-refractivity contribution is 9.10. The van der Waals surface area contributed by atoms with Crippen LogP contribution < -0.4 is 5.43 Å². The first-order chi connectivity index (χ1) is 14.4. The summed E-state index contributed by atoms with van der Waals surface area (Å²) < 4.78 is 2.76. The zero-order valence-electron chi connectivity index (χ0n) is 17.3. The molecule has 5 nitrogen and oxygen atoms in total. The molecule has 6 heteroatoms. The number of hydrogen-bond acceptors (Lipinski definition) is 3. The molecule has 0 aliphatic carbocycles. The van der Waals surface area contributed by atoms with E-state index in [1.165, 1.54) is 5.56 Å². The molecular formula is C24H25BrN4O. The molecule has 0 saturated heterocycles. The number of nitrogens with zero attached hydrogens (tertiary/aromatic N) is 3. The van der Waals surface area contributed by atoms with Gasteiger partial charge in [-0.05, 0) is 53.3 Å². The van der Waals surface area contributed by atoms with Gasteiger partial charge in [-0.2, -0.15) is 10.2 Å². The van der Waals surface area contributed by atoms with Crippen molar-refractivity contribution in [3.05, 3.63) is 93.2 Å². The molecule has 3 rings (SSSR count). The Morgan fingerprint density at radius 2 is 1.83 bits per heavy atom. The summed E-state index contributed by atoms with van der Waals surface area (Å²) in [6, 6.07) is 18.1. The lowest BCUT2D eigenvalue weighted by Gasteiger charge is -2.05. The molecule has 0 aliphatic heterocycles. The first-order valence-electron chi connectivity index (χ1n) is 9.80. The van der Waals surface area contributed by atoms with E-state index in [1.54, 1.807) is 23.2 Å². The molecule has 1 aromatic heterocycles. The summed E-state index contributed by atoms with van der Waals surface area (Å²) in [7, 11) is 0. The second-order valence-electron chi connectivity index (χ2n) is 7.43. The lowest BCUT2D eigenvalue weighted by Crippen LogP contribution is -2.18. The fraction of sp³-hybridized carbons (Fsp3) is 0.208. The van der Waals surface area contributed by atoms with Crippen LogP contribution in [0.3, 0.4) is 0 Å². The van der Waals surface area contributed by atoms with Crippen LogP contribution in [0.1, 0.15) is 53.9 Å². The van der Waals surface area contributed by atoms with Crippen LogP contribution >= 0.6 is 15.9 Å². The molecule has 0 bridgehead atoms. The number of hydrazone groups is 1. The topological polar surface area (TPSA) is 59.3 Å². The van der Waals surface area contributed by atoms with Crippen molar-refractivity contribution < 1.29 is 4.79 Å². The molecular weight excluding hydrogens is 440 g/mol. The summed E-state index contributed by atoms with van der Waals surface area (Å²) in [5.41, 5.74) is 7.31.